The van der Waals surface area contributed by atoms with Crippen LogP contribution in [0.4, 0.5) is 5.82 Å². The number of aryl methyl sites for hydroxylation is 1. The van der Waals surface area contributed by atoms with Crippen molar-refractivity contribution in [3.8, 4) is 5.88 Å². The van der Waals surface area contributed by atoms with Crippen molar-refractivity contribution < 1.29 is 24.5 Å². The number of nitrogens with zero attached hydrogens (tertiary/aromatic N) is 3. The van der Waals surface area contributed by atoms with Crippen molar-refractivity contribution in [2.45, 2.75) is 67.9 Å². The van der Waals surface area contributed by atoms with Gasteiger partial charge in [0.25, 0.3) is 0 Å². The lowest BCUT2D eigenvalue weighted by Crippen LogP contribution is -2.48. The normalized spacial score (nSPS) is 22.1. The Morgan fingerprint density at radius 1 is 1.24 bits per heavy atom. The zero-order chi connectivity index (χ0) is 26.5. The lowest BCUT2D eigenvalue weighted by atomic mass is 9.92. The van der Waals surface area contributed by atoms with E-state index < -0.39 is 6.10 Å². The summed E-state index contributed by atoms with van der Waals surface area (Å²) in [6.07, 6.45) is 4.38. The third-order valence-electron chi connectivity index (χ3n) is 7.00. The number of aliphatic hydroxyl groups excluding tert-OH is 2. The third-order valence-corrected chi connectivity index (χ3v) is 8.04. The number of anilines is 1. The van der Waals surface area contributed by atoms with E-state index in [1.54, 1.807) is 13.3 Å². The maximum Gasteiger partial charge on any atom is 0.235 e. The molecule has 0 unspecified atom stereocenters. The van der Waals surface area contributed by atoms with Gasteiger partial charge in [-0.1, -0.05) is 0 Å². The van der Waals surface area contributed by atoms with Crippen molar-refractivity contribution in [2.75, 3.05) is 24.8 Å². The van der Waals surface area contributed by atoms with Crippen LogP contribution in [0.3, 0.4) is 0 Å². The molecule has 11 heteroatoms. The number of aromatic nitrogens is 3. The molecule has 2 aliphatic heterocycles. The second kappa shape index (κ2) is 12.4. The molecule has 1 saturated heterocycles. The lowest BCUT2D eigenvalue weighted by Gasteiger charge is -2.38. The molecule has 2 aliphatic rings. The van der Waals surface area contributed by atoms with Gasteiger partial charge in [0.15, 0.2) is 0 Å². The van der Waals surface area contributed by atoms with E-state index in [4.69, 9.17) is 9.47 Å². The van der Waals surface area contributed by atoms with Crippen LogP contribution < -0.4 is 15.4 Å². The molecular weight excluding hydrogens is 506 g/mol. The molecule has 10 nitrogen and oxygen atoms in total. The Kier molecular flexibility index (Phi) is 8.70. The fourth-order valence-corrected chi connectivity index (χ4v) is 5.76. The molecule has 4 N–H and O–H groups in total. The molecule has 38 heavy (non-hydrogen) atoms. The Balaban J connectivity index is 1.22. The van der Waals surface area contributed by atoms with Gasteiger partial charge in [0.1, 0.15) is 5.82 Å². The summed E-state index contributed by atoms with van der Waals surface area (Å²) in [5.41, 5.74) is 3.58. The zero-order valence-corrected chi connectivity index (χ0v) is 22.1. The van der Waals surface area contributed by atoms with Gasteiger partial charge in [-0.3, -0.25) is 9.78 Å². The summed E-state index contributed by atoms with van der Waals surface area (Å²) in [6, 6.07) is 9.65. The quantitative estimate of drug-likeness (QED) is 0.304. The Morgan fingerprint density at radius 3 is 2.97 bits per heavy atom. The molecule has 0 aliphatic carbocycles. The Hall–Kier alpha value is -2.83. The number of aliphatic hydroxyl groups is 2. The second-order valence-electron chi connectivity index (χ2n) is 9.65. The SMILES string of the molecule is COc1ccc2nccc(CC[C@H]3CC[C@@H](NCc4ccc5c(n4)NC(=O)CS5)[C@H](C[C@H](O)CO)O3)c2n1. The van der Waals surface area contributed by atoms with E-state index in [0.717, 1.165) is 52.9 Å². The maximum absolute atomic E-state index is 11.7. The lowest BCUT2D eigenvalue weighted by molar-refractivity contribution is -0.113. The van der Waals surface area contributed by atoms with Crippen LogP contribution in [-0.4, -0.2) is 74.9 Å². The van der Waals surface area contributed by atoms with E-state index in [0.29, 0.717) is 30.4 Å². The van der Waals surface area contributed by atoms with Gasteiger partial charge in [0, 0.05) is 31.3 Å². The Labute approximate surface area is 225 Å². The molecule has 0 spiro atoms. The van der Waals surface area contributed by atoms with Crippen LogP contribution in [0.1, 0.15) is 36.9 Å². The predicted octanol–water partition coefficient (Wildman–Crippen LogP) is 2.46. The van der Waals surface area contributed by atoms with E-state index in [1.165, 1.54) is 11.8 Å². The molecule has 3 aromatic rings. The number of thioether (sulfide) groups is 1. The van der Waals surface area contributed by atoms with Crippen molar-refractivity contribution in [1.29, 1.82) is 0 Å². The Bertz CT molecular complexity index is 1280. The number of ether oxygens (including phenoxy) is 2. The van der Waals surface area contributed by atoms with Crippen LogP contribution in [0.15, 0.2) is 41.4 Å². The highest BCUT2D eigenvalue weighted by Gasteiger charge is 2.32. The van der Waals surface area contributed by atoms with Crippen molar-refractivity contribution in [3.63, 3.8) is 0 Å². The van der Waals surface area contributed by atoms with E-state index in [1.807, 2.05) is 30.3 Å². The first kappa shape index (κ1) is 26.8. The monoisotopic (exact) mass is 539 g/mol. The molecule has 0 saturated carbocycles. The average molecular weight is 540 g/mol. The molecule has 5 heterocycles. The standard InChI is InChI=1S/C27H33N5O5S/c1-36-25-9-7-21-26(32-25)16(10-11-28-21)2-4-19-5-6-20(22(37-19)12-18(34)14-33)29-13-17-3-8-23-27(30-17)31-24(35)15-38-23/h3,7-11,18-20,22,29,33-34H,2,4-6,12-15H2,1H3,(H,30,31,35)/t18-,19-,20+,22-/m0/s1. The number of carbonyl (C=O) groups is 1. The maximum atomic E-state index is 11.7. The summed E-state index contributed by atoms with van der Waals surface area (Å²) in [5, 5.41) is 26.0. The van der Waals surface area contributed by atoms with Gasteiger partial charge in [-0.2, -0.15) is 0 Å². The van der Waals surface area contributed by atoms with Crippen LogP contribution in [-0.2, 0) is 22.5 Å². The topological polar surface area (TPSA) is 139 Å². The number of rotatable bonds is 10. The summed E-state index contributed by atoms with van der Waals surface area (Å²) in [5.74, 6) is 1.53. The summed E-state index contributed by atoms with van der Waals surface area (Å²) in [4.78, 5) is 26.3. The van der Waals surface area contributed by atoms with Gasteiger partial charge in [0.05, 0.1) is 59.4 Å². The van der Waals surface area contributed by atoms with Gasteiger partial charge in [0.2, 0.25) is 11.8 Å². The van der Waals surface area contributed by atoms with Gasteiger partial charge in [-0.05, 0) is 55.5 Å². The molecular formula is C27H33N5O5S. The van der Waals surface area contributed by atoms with Crippen LogP contribution in [0.2, 0.25) is 0 Å². The number of pyridine rings is 3. The van der Waals surface area contributed by atoms with Crippen molar-refractivity contribution >= 4 is 34.5 Å². The van der Waals surface area contributed by atoms with Crippen LogP contribution in [0.5, 0.6) is 5.88 Å². The minimum atomic E-state index is -0.849. The fourth-order valence-electron chi connectivity index (χ4n) is 5.00. The summed E-state index contributed by atoms with van der Waals surface area (Å²) in [6.45, 7) is 0.201. The Morgan fingerprint density at radius 2 is 2.13 bits per heavy atom. The molecule has 4 atom stereocenters. The molecule has 1 amide bonds. The molecule has 3 aromatic heterocycles. The number of methoxy groups -OCH3 is 1. The third kappa shape index (κ3) is 6.41. The molecule has 5 rings (SSSR count). The van der Waals surface area contributed by atoms with E-state index >= 15 is 0 Å². The first-order valence-corrected chi connectivity index (χ1v) is 13.9. The minimum Gasteiger partial charge on any atom is -0.481 e. The first-order valence-electron chi connectivity index (χ1n) is 12.9. The summed E-state index contributed by atoms with van der Waals surface area (Å²) < 4.78 is 11.8. The van der Waals surface area contributed by atoms with Crippen molar-refractivity contribution in [3.05, 3.63) is 47.8 Å². The van der Waals surface area contributed by atoms with Crippen LogP contribution in [0.25, 0.3) is 11.0 Å². The predicted molar refractivity (Wildman–Crippen MR) is 144 cm³/mol. The molecule has 0 radical (unpaired) electrons. The van der Waals surface area contributed by atoms with Gasteiger partial charge in [-0.15, -0.1) is 11.8 Å². The number of nitrogens with one attached hydrogen (secondary N) is 2. The fraction of sp³-hybridized carbons (Fsp3) is 0.481. The van der Waals surface area contributed by atoms with Gasteiger partial charge < -0.3 is 30.3 Å². The number of hydrogen-bond donors (Lipinski definition) is 4. The summed E-state index contributed by atoms with van der Waals surface area (Å²) >= 11 is 1.49. The van der Waals surface area contributed by atoms with Crippen LogP contribution in [0, 0.1) is 0 Å². The number of fused-ring (bicyclic) bond motifs is 2. The van der Waals surface area contributed by atoms with Gasteiger partial charge in [-0.25, -0.2) is 9.97 Å². The first-order chi connectivity index (χ1) is 18.5. The van der Waals surface area contributed by atoms with E-state index in [9.17, 15) is 15.0 Å². The average Bonchev–Trinajstić information content (AvgIpc) is 2.94. The number of hydrogen-bond acceptors (Lipinski definition) is 10. The zero-order valence-electron chi connectivity index (χ0n) is 21.3. The highest BCUT2D eigenvalue weighted by Crippen LogP contribution is 2.30. The van der Waals surface area contributed by atoms with E-state index in [2.05, 4.69) is 25.6 Å². The summed E-state index contributed by atoms with van der Waals surface area (Å²) in [7, 11) is 1.60. The molecule has 0 aromatic carbocycles. The highest BCUT2D eigenvalue weighted by atomic mass is 32.2. The minimum absolute atomic E-state index is 0.00179. The highest BCUT2D eigenvalue weighted by molar-refractivity contribution is 8.00. The molecule has 0 bridgehead atoms. The number of carbonyl (C=O) groups excluding carboxylic acids is 1. The van der Waals surface area contributed by atoms with Crippen molar-refractivity contribution in [2.24, 2.45) is 0 Å². The number of amides is 1. The smallest absolute Gasteiger partial charge is 0.235 e. The van der Waals surface area contributed by atoms with Crippen molar-refractivity contribution in [1.82, 2.24) is 20.3 Å². The largest absolute Gasteiger partial charge is 0.481 e. The van der Waals surface area contributed by atoms with Gasteiger partial charge >= 0.3 is 0 Å². The second-order valence-corrected chi connectivity index (χ2v) is 10.7. The van der Waals surface area contributed by atoms with E-state index in [-0.39, 0.29) is 30.8 Å². The molecule has 202 valence electrons. The molecule has 1 fully saturated rings. The van der Waals surface area contributed by atoms with Crippen LogP contribution >= 0.6 is 11.8 Å².